The number of rotatable bonds is 3. The molecule has 0 saturated heterocycles. The van der Waals surface area contributed by atoms with Crippen molar-refractivity contribution in [1.29, 1.82) is 0 Å². The molecule has 1 unspecified atom stereocenters. The van der Waals surface area contributed by atoms with Crippen LogP contribution in [0.3, 0.4) is 0 Å². The van der Waals surface area contributed by atoms with E-state index in [0.29, 0.717) is 11.0 Å². The minimum atomic E-state index is -0.563. The van der Waals surface area contributed by atoms with Crippen LogP contribution in [0.15, 0.2) is 63.1 Å². The summed E-state index contributed by atoms with van der Waals surface area (Å²) in [6.07, 6.45) is 0. The molecular weight excluding hydrogens is 432 g/mol. The van der Waals surface area contributed by atoms with Crippen molar-refractivity contribution in [3.05, 3.63) is 91.5 Å². The lowest BCUT2D eigenvalue weighted by Gasteiger charge is -2.30. The molecule has 0 radical (unpaired) electrons. The van der Waals surface area contributed by atoms with E-state index in [4.69, 9.17) is 4.42 Å². The van der Waals surface area contributed by atoms with Crippen molar-refractivity contribution in [3.63, 3.8) is 0 Å². The second kappa shape index (κ2) is 8.07. The van der Waals surface area contributed by atoms with Gasteiger partial charge in [-0.3, -0.25) is 0 Å². The van der Waals surface area contributed by atoms with Crippen LogP contribution < -0.4 is 5.63 Å². The van der Waals surface area contributed by atoms with Crippen molar-refractivity contribution in [1.82, 2.24) is 0 Å². The van der Waals surface area contributed by atoms with E-state index in [2.05, 4.69) is 41.5 Å². The molecule has 2 heterocycles. The Labute approximate surface area is 198 Å². The zero-order valence-electron chi connectivity index (χ0n) is 19.9. The third-order valence-electron chi connectivity index (χ3n) is 6.02. The molecule has 4 nitrogen and oxygen atoms in total. The fourth-order valence-electron chi connectivity index (χ4n) is 4.30. The molecule has 1 atom stereocenters. The number of thiophene rings is 1. The summed E-state index contributed by atoms with van der Waals surface area (Å²) in [5.74, 6) is -0.324. The number of hydrogen-bond donors (Lipinski definition) is 2. The smallest absolute Gasteiger partial charge is 0.344 e. The topological polar surface area (TPSA) is 70.7 Å². The Kier molecular flexibility index (Phi) is 5.65. The first-order valence-electron chi connectivity index (χ1n) is 11.1. The van der Waals surface area contributed by atoms with Gasteiger partial charge in [-0.2, -0.15) is 0 Å². The number of hydrogen-bond acceptors (Lipinski definition) is 5. The fourth-order valence-corrected chi connectivity index (χ4v) is 5.16. The van der Waals surface area contributed by atoms with Crippen LogP contribution in [0, 0.1) is 0 Å². The molecule has 4 rings (SSSR count). The van der Waals surface area contributed by atoms with Gasteiger partial charge in [0.2, 0.25) is 0 Å². The summed E-state index contributed by atoms with van der Waals surface area (Å²) in [4.78, 5) is 14.1. The average molecular weight is 463 g/mol. The van der Waals surface area contributed by atoms with Crippen LogP contribution in [0.1, 0.15) is 74.6 Å². The standard InChI is InChI=1S/C28H30O4S/c1-27(2,3)18-14-16(15-19(25(18)30)28(4,5)6)22(21-12-9-13-33-21)23-24(29)17-10-7-8-11-20(17)32-26(23)31/h7-15,22,29-30H,1-6H3. The maximum atomic E-state index is 13.2. The Morgan fingerprint density at radius 3 is 2.00 bits per heavy atom. The lowest BCUT2D eigenvalue weighted by molar-refractivity contribution is 0.422. The fraction of sp³-hybridized carbons (Fsp3) is 0.321. The molecule has 0 bridgehead atoms. The Morgan fingerprint density at radius 2 is 1.45 bits per heavy atom. The van der Waals surface area contributed by atoms with Crippen molar-refractivity contribution in [3.8, 4) is 11.5 Å². The zero-order valence-corrected chi connectivity index (χ0v) is 20.7. The highest BCUT2D eigenvalue weighted by Gasteiger charge is 2.32. The first kappa shape index (κ1) is 23.1. The Morgan fingerprint density at radius 1 is 0.848 bits per heavy atom. The second-order valence-electron chi connectivity index (χ2n) is 10.6. The molecular formula is C28H30O4S. The summed E-state index contributed by atoms with van der Waals surface area (Å²) in [6, 6.07) is 14.8. The zero-order chi connectivity index (χ0) is 24.1. The van der Waals surface area contributed by atoms with Crippen LogP contribution in [-0.2, 0) is 10.8 Å². The molecule has 5 heteroatoms. The molecule has 4 aromatic rings. The quantitative estimate of drug-likeness (QED) is 0.320. The summed E-state index contributed by atoms with van der Waals surface area (Å²) in [7, 11) is 0. The van der Waals surface area contributed by atoms with E-state index in [-0.39, 0.29) is 27.9 Å². The van der Waals surface area contributed by atoms with Crippen molar-refractivity contribution in [2.24, 2.45) is 0 Å². The highest BCUT2D eigenvalue weighted by molar-refractivity contribution is 7.10. The van der Waals surface area contributed by atoms with Crippen LogP contribution in [-0.4, -0.2) is 10.2 Å². The molecule has 0 aliphatic heterocycles. The lowest BCUT2D eigenvalue weighted by Crippen LogP contribution is -2.20. The molecule has 0 aliphatic carbocycles. The van der Waals surface area contributed by atoms with Gasteiger partial charge in [0.15, 0.2) is 0 Å². The van der Waals surface area contributed by atoms with Gasteiger partial charge in [0, 0.05) is 4.88 Å². The Balaban J connectivity index is 2.10. The highest BCUT2D eigenvalue weighted by atomic mass is 32.1. The SMILES string of the molecule is CC(C)(C)c1cc(C(c2cccs2)c2c(O)c3ccccc3oc2=O)cc(C(C)(C)C)c1O. The number of fused-ring (bicyclic) bond motifs is 1. The molecule has 0 aliphatic rings. The summed E-state index contributed by atoms with van der Waals surface area (Å²) in [5, 5.41) is 24.9. The largest absolute Gasteiger partial charge is 0.507 e. The summed E-state index contributed by atoms with van der Waals surface area (Å²) >= 11 is 1.52. The third kappa shape index (κ3) is 4.18. The summed E-state index contributed by atoms with van der Waals surface area (Å²) in [5.41, 5.74) is 1.79. The molecule has 0 saturated carbocycles. The van der Waals surface area contributed by atoms with Crippen LogP contribution in [0.25, 0.3) is 11.0 Å². The van der Waals surface area contributed by atoms with E-state index >= 15 is 0 Å². The van der Waals surface area contributed by atoms with E-state index in [9.17, 15) is 15.0 Å². The maximum Gasteiger partial charge on any atom is 0.344 e. The number of para-hydroxylation sites is 1. The van der Waals surface area contributed by atoms with Gasteiger partial charge in [0.25, 0.3) is 0 Å². The van der Waals surface area contributed by atoms with Gasteiger partial charge in [-0.25, -0.2) is 4.79 Å². The van der Waals surface area contributed by atoms with Crippen LogP contribution >= 0.6 is 11.3 Å². The molecule has 0 fully saturated rings. The molecule has 172 valence electrons. The summed E-state index contributed by atoms with van der Waals surface area (Å²) < 4.78 is 5.63. The van der Waals surface area contributed by atoms with Gasteiger partial charge in [0.1, 0.15) is 17.1 Å². The maximum absolute atomic E-state index is 13.2. The van der Waals surface area contributed by atoms with Crippen LogP contribution in [0.5, 0.6) is 11.5 Å². The van der Waals surface area contributed by atoms with E-state index in [0.717, 1.165) is 21.6 Å². The monoisotopic (exact) mass is 462 g/mol. The van der Waals surface area contributed by atoms with Gasteiger partial charge in [0.05, 0.1) is 16.9 Å². The van der Waals surface area contributed by atoms with Gasteiger partial charge in [-0.1, -0.05) is 71.9 Å². The normalized spacial score (nSPS) is 13.4. The number of benzene rings is 2. The van der Waals surface area contributed by atoms with Gasteiger partial charge in [-0.05, 0) is 51.1 Å². The Hall–Kier alpha value is -3.05. The molecule has 2 N–H and O–H groups in total. The molecule has 0 spiro atoms. The van der Waals surface area contributed by atoms with Crippen LogP contribution in [0.4, 0.5) is 0 Å². The van der Waals surface area contributed by atoms with E-state index in [1.54, 1.807) is 18.2 Å². The minimum Gasteiger partial charge on any atom is -0.507 e. The van der Waals surface area contributed by atoms with Crippen molar-refractivity contribution in [2.75, 3.05) is 0 Å². The Bertz CT molecular complexity index is 1330. The predicted molar refractivity (Wildman–Crippen MR) is 135 cm³/mol. The van der Waals surface area contributed by atoms with Crippen LogP contribution in [0.2, 0.25) is 0 Å². The third-order valence-corrected chi connectivity index (χ3v) is 6.96. The van der Waals surface area contributed by atoms with Gasteiger partial charge < -0.3 is 14.6 Å². The van der Waals surface area contributed by atoms with E-state index in [1.807, 2.05) is 35.7 Å². The lowest BCUT2D eigenvalue weighted by atomic mass is 9.76. The van der Waals surface area contributed by atoms with Gasteiger partial charge in [-0.15, -0.1) is 11.3 Å². The molecule has 2 aromatic heterocycles. The number of phenols is 1. The number of phenolic OH excluding ortho intramolecular Hbond substituents is 1. The van der Waals surface area contributed by atoms with E-state index < -0.39 is 11.5 Å². The second-order valence-corrected chi connectivity index (χ2v) is 11.5. The highest BCUT2D eigenvalue weighted by Crippen LogP contribution is 2.45. The predicted octanol–water partition coefficient (Wildman–Crippen LogP) is 7.04. The minimum absolute atomic E-state index is 0.0667. The first-order valence-corrected chi connectivity index (χ1v) is 11.9. The molecule has 0 amide bonds. The first-order chi connectivity index (χ1) is 15.4. The average Bonchev–Trinajstić information content (AvgIpc) is 3.24. The van der Waals surface area contributed by atoms with E-state index in [1.165, 1.54) is 11.3 Å². The van der Waals surface area contributed by atoms with Crippen molar-refractivity contribution in [2.45, 2.75) is 58.3 Å². The number of aromatic hydroxyl groups is 2. The molecule has 2 aromatic carbocycles. The summed E-state index contributed by atoms with van der Waals surface area (Å²) in [6.45, 7) is 12.3. The molecule has 33 heavy (non-hydrogen) atoms. The van der Waals surface area contributed by atoms with Crippen molar-refractivity contribution < 1.29 is 14.6 Å². The van der Waals surface area contributed by atoms with Crippen molar-refractivity contribution >= 4 is 22.3 Å². The van der Waals surface area contributed by atoms with Gasteiger partial charge >= 0.3 is 5.63 Å².